The first-order valence-corrected chi connectivity index (χ1v) is 7.02. The largest absolute Gasteiger partial charge is 0.493 e. The Bertz CT molecular complexity index is 562. The molecule has 0 bridgehead atoms. The Labute approximate surface area is 117 Å². The van der Waals surface area contributed by atoms with E-state index in [1.54, 1.807) is 0 Å². The maximum Gasteiger partial charge on any atom is 0.261 e. The molecule has 1 aromatic carbocycles. The van der Waals surface area contributed by atoms with Crippen molar-refractivity contribution in [3.63, 3.8) is 0 Å². The molecule has 5 heteroatoms. The molecule has 1 aliphatic rings. The lowest BCUT2D eigenvalue weighted by atomic mass is 10.1. The molecule has 2 aromatic rings. The topological polar surface area (TPSA) is 57.4 Å². The van der Waals surface area contributed by atoms with E-state index in [1.165, 1.54) is 0 Å². The molecule has 0 aliphatic carbocycles. The normalized spacial score (nSPS) is 18.4. The molecule has 106 valence electrons. The van der Waals surface area contributed by atoms with Gasteiger partial charge in [0.1, 0.15) is 5.75 Å². The van der Waals surface area contributed by atoms with Gasteiger partial charge in [-0.05, 0) is 25.0 Å². The van der Waals surface area contributed by atoms with Crippen LogP contribution < -0.4 is 4.74 Å². The lowest BCUT2D eigenvalue weighted by Gasteiger charge is -2.07. The summed E-state index contributed by atoms with van der Waals surface area (Å²) in [5, 5.41) is 4.07. The summed E-state index contributed by atoms with van der Waals surface area (Å²) in [6.07, 6.45) is 1.91. The van der Waals surface area contributed by atoms with E-state index in [0.29, 0.717) is 19.1 Å². The van der Waals surface area contributed by atoms with Crippen molar-refractivity contribution in [3.8, 4) is 17.2 Å². The van der Waals surface area contributed by atoms with Crippen LogP contribution in [0.25, 0.3) is 11.5 Å². The predicted molar refractivity (Wildman–Crippen MR) is 73.7 cm³/mol. The minimum atomic E-state index is 0.247. The molecular formula is C15H18N2O3. The molecule has 1 fully saturated rings. The zero-order valence-electron chi connectivity index (χ0n) is 11.5. The second-order valence-electron chi connectivity index (χ2n) is 4.86. The van der Waals surface area contributed by atoms with E-state index in [4.69, 9.17) is 14.0 Å². The van der Waals surface area contributed by atoms with Gasteiger partial charge in [0.15, 0.2) is 5.82 Å². The van der Waals surface area contributed by atoms with Gasteiger partial charge >= 0.3 is 0 Å². The molecular weight excluding hydrogens is 256 g/mol. The minimum absolute atomic E-state index is 0.247. The summed E-state index contributed by atoms with van der Waals surface area (Å²) >= 11 is 0. The monoisotopic (exact) mass is 274 g/mol. The molecule has 20 heavy (non-hydrogen) atoms. The third-order valence-electron chi connectivity index (χ3n) is 3.32. The molecule has 1 atom stereocenters. The summed E-state index contributed by atoms with van der Waals surface area (Å²) < 4.78 is 16.5. The van der Waals surface area contributed by atoms with Gasteiger partial charge in [0.2, 0.25) is 0 Å². The van der Waals surface area contributed by atoms with Crippen molar-refractivity contribution in [1.82, 2.24) is 10.1 Å². The second-order valence-corrected chi connectivity index (χ2v) is 4.86. The molecule has 1 unspecified atom stereocenters. The van der Waals surface area contributed by atoms with Crippen molar-refractivity contribution >= 4 is 0 Å². The van der Waals surface area contributed by atoms with Gasteiger partial charge in [-0.25, -0.2) is 0 Å². The molecule has 1 saturated heterocycles. The highest BCUT2D eigenvalue weighted by Crippen LogP contribution is 2.31. The predicted octanol–water partition coefficient (Wildman–Crippen LogP) is 3.03. The first-order chi connectivity index (χ1) is 9.88. The van der Waals surface area contributed by atoms with Crippen LogP contribution in [0.5, 0.6) is 5.75 Å². The fourth-order valence-corrected chi connectivity index (χ4v) is 2.23. The van der Waals surface area contributed by atoms with E-state index in [0.717, 1.165) is 36.6 Å². The lowest BCUT2D eigenvalue weighted by Crippen LogP contribution is -2.00. The van der Waals surface area contributed by atoms with Crippen LogP contribution in [0.2, 0.25) is 0 Å². The van der Waals surface area contributed by atoms with Crippen molar-refractivity contribution in [2.24, 2.45) is 0 Å². The molecule has 5 nitrogen and oxygen atoms in total. The van der Waals surface area contributed by atoms with E-state index in [2.05, 4.69) is 17.1 Å². The van der Waals surface area contributed by atoms with Gasteiger partial charge in [-0.15, -0.1) is 0 Å². The van der Waals surface area contributed by atoms with Crippen LogP contribution in [0.4, 0.5) is 0 Å². The summed E-state index contributed by atoms with van der Waals surface area (Å²) in [5.74, 6) is 2.27. The van der Waals surface area contributed by atoms with E-state index >= 15 is 0 Å². The number of hydrogen-bond acceptors (Lipinski definition) is 5. The highest BCUT2D eigenvalue weighted by Gasteiger charge is 2.24. The minimum Gasteiger partial charge on any atom is -0.493 e. The maximum atomic E-state index is 5.72. The van der Waals surface area contributed by atoms with Crippen LogP contribution in [0.15, 0.2) is 28.8 Å². The molecule has 1 aliphatic heterocycles. The van der Waals surface area contributed by atoms with E-state index in [1.807, 2.05) is 24.3 Å². The Morgan fingerprint density at radius 2 is 2.25 bits per heavy atom. The van der Waals surface area contributed by atoms with Gasteiger partial charge in [-0.2, -0.15) is 4.98 Å². The molecule has 2 heterocycles. The SMILES string of the molecule is CCCOc1ccccc1-c1nc(C2CCOC2)no1. The summed E-state index contributed by atoms with van der Waals surface area (Å²) in [5.41, 5.74) is 0.846. The number of benzene rings is 1. The van der Waals surface area contributed by atoms with Gasteiger partial charge in [0.25, 0.3) is 5.89 Å². The summed E-state index contributed by atoms with van der Waals surface area (Å²) in [6.45, 7) is 4.19. The highest BCUT2D eigenvalue weighted by atomic mass is 16.5. The Balaban J connectivity index is 1.85. The fraction of sp³-hybridized carbons (Fsp3) is 0.467. The van der Waals surface area contributed by atoms with Gasteiger partial charge < -0.3 is 14.0 Å². The smallest absolute Gasteiger partial charge is 0.261 e. The number of para-hydroxylation sites is 1. The molecule has 0 N–H and O–H groups in total. The standard InChI is InChI=1S/C15H18N2O3/c1-2-8-19-13-6-4-3-5-12(13)15-16-14(17-20-15)11-7-9-18-10-11/h3-6,11H,2,7-10H2,1H3. The third kappa shape index (κ3) is 2.67. The van der Waals surface area contributed by atoms with Crippen LogP contribution in [0.1, 0.15) is 31.5 Å². The van der Waals surface area contributed by atoms with Crippen LogP contribution >= 0.6 is 0 Å². The molecule has 3 rings (SSSR count). The van der Waals surface area contributed by atoms with Crippen LogP contribution in [0, 0.1) is 0 Å². The molecule has 0 saturated carbocycles. The number of aromatic nitrogens is 2. The number of nitrogens with zero attached hydrogens (tertiary/aromatic N) is 2. The number of rotatable bonds is 5. The van der Waals surface area contributed by atoms with E-state index in [-0.39, 0.29) is 5.92 Å². The molecule has 0 radical (unpaired) electrons. The lowest BCUT2D eigenvalue weighted by molar-refractivity contribution is 0.192. The molecule has 0 amide bonds. The van der Waals surface area contributed by atoms with Crippen molar-refractivity contribution in [2.75, 3.05) is 19.8 Å². The zero-order valence-corrected chi connectivity index (χ0v) is 11.5. The second kappa shape index (κ2) is 6.05. The first kappa shape index (κ1) is 13.1. The van der Waals surface area contributed by atoms with Gasteiger partial charge in [-0.3, -0.25) is 0 Å². The number of ether oxygens (including phenoxy) is 2. The Morgan fingerprint density at radius 3 is 3.05 bits per heavy atom. The summed E-state index contributed by atoms with van der Waals surface area (Å²) in [4.78, 5) is 4.49. The third-order valence-corrected chi connectivity index (χ3v) is 3.32. The Morgan fingerprint density at radius 1 is 1.35 bits per heavy atom. The Kier molecular flexibility index (Phi) is 3.97. The zero-order chi connectivity index (χ0) is 13.8. The van der Waals surface area contributed by atoms with Crippen LogP contribution in [-0.2, 0) is 4.74 Å². The summed E-state index contributed by atoms with van der Waals surface area (Å²) in [7, 11) is 0. The van der Waals surface area contributed by atoms with Crippen LogP contribution in [0.3, 0.4) is 0 Å². The maximum absolute atomic E-state index is 5.72. The fourth-order valence-electron chi connectivity index (χ4n) is 2.23. The van der Waals surface area contributed by atoms with Crippen molar-refractivity contribution in [1.29, 1.82) is 0 Å². The van der Waals surface area contributed by atoms with Gasteiger partial charge in [0.05, 0.1) is 18.8 Å². The average Bonchev–Trinajstić information content (AvgIpc) is 3.15. The highest BCUT2D eigenvalue weighted by molar-refractivity contribution is 5.62. The van der Waals surface area contributed by atoms with E-state index < -0.39 is 0 Å². The quantitative estimate of drug-likeness (QED) is 0.838. The van der Waals surface area contributed by atoms with Gasteiger partial charge in [0, 0.05) is 12.5 Å². The average molecular weight is 274 g/mol. The molecule has 0 spiro atoms. The van der Waals surface area contributed by atoms with Crippen LogP contribution in [-0.4, -0.2) is 30.0 Å². The Hall–Kier alpha value is -1.88. The number of hydrogen-bond donors (Lipinski definition) is 0. The van der Waals surface area contributed by atoms with Gasteiger partial charge in [-0.1, -0.05) is 24.2 Å². The molecule has 1 aromatic heterocycles. The van der Waals surface area contributed by atoms with Crippen molar-refractivity contribution in [3.05, 3.63) is 30.1 Å². The first-order valence-electron chi connectivity index (χ1n) is 7.02. The van der Waals surface area contributed by atoms with Crippen molar-refractivity contribution < 1.29 is 14.0 Å². The summed E-state index contributed by atoms with van der Waals surface area (Å²) in [6, 6.07) is 7.74. The van der Waals surface area contributed by atoms with E-state index in [9.17, 15) is 0 Å². The van der Waals surface area contributed by atoms with Crippen molar-refractivity contribution in [2.45, 2.75) is 25.7 Å².